The Kier molecular flexibility index (Phi) is 8.48. The van der Waals surface area contributed by atoms with Crippen molar-refractivity contribution in [1.29, 1.82) is 5.26 Å². The second kappa shape index (κ2) is 11.6. The Morgan fingerprint density at radius 2 is 1.83 bits per heavy atom. The molecular formula is C28H33ClN2O4S. The maximum atomic E-state index is 11.4. The van der Waals surface area contributed by atoms with E-state index in [0.29, 0.717) is 47.1 Å². The normalized spacial score (nSPS) is 18.2. The molecule has 1 aliphatic rings. The lowest BCUT2D eigenvalue weighted by molar-refractivity contribution is 0.181. The van der Waals surface area contributed by atoms with E-state index >= 15 is 0 Å². The number of hydrogen-bond donors (Lipinski definition) is 0. The summed E-state index contributed by atoms with van der Waals surface area (Å²) in [6.45, 7) is 3.19. The monoisotopic (exact) mass is 528 g/mol. The second-order valence-electron chi connectivity index (χ2n) is 9.79. The molecule has 3 aromatic rings. The molecule has 0 bridgehead atoms. The summed E-state index contributed by atoms with van der Waals surface area (Å²) in [5.74, 6) is 2.56. The number of nitrogens with zero attached hydrogens (tertiary/aromatic N) is 2. The second-order valence-corrected chi connectivity index (χ2v) is 12.5. The summed E-state index contributed by atoms with van der Waals surface area (Å²) in [6, 6.07) is 13.9. The van der Waals surface area contributed by atoms with Gasteiger partial charge in [-0.25, -0.2) is 8.42 Å². The van der Waals surface area contributed by atoms with Crippen molar-refractivity contribution in [1.82, 2.24) is 4.57 Å². The van der Waals surface area contributed by atoms with Gasteiger partial charge in [-0.15, -0.1) is 0 Å². The van der Waals surface area contributed by atoms with Crippen LogP contribution >= 0.6 is 11.6 Å². The topological polar surface area (TPSA) is 81.3 Å². The number of nitriles is 1. The van der Waals surface area contributed by atoms with Gasteiger partial charge in [-0.3, -0.25) is 0 Å². The van der Waals surface area contributed by atoms with Gasteiger partial charge in [0.2, 0.25) is 0 Å². The molecule has 0 radical (unpaired) electrons. The van der Waals surface area contributed by atoms with E-state index in [1.54, 1.807) is 6.07 Å². The average molecular weight is 529 g/mol. The van der Waals surface area contributed by atoms with E-state index in [-0.39, 0.29) is 0 Å². The standard InChI is InChI=1S/C28H33ClN2O4S/c1-3-13-34-28-23(18-30)15-24(17-26(28)29)31-12-10-22-16-25(8-9-27(22)31)35-19-21-6-4-20(5-7-21)11-14-36(2,32)33/h8-10,12,15-17,20-21H,3-7,11,13-14,19H2,1-2H3. The van der Waals surface area contributed by atoms with E-state index in [0.717, 1.165) is 60.9 Å². The Balaban J connectivity index is 1.40. The van der Waals surface area contributed by atoms with Crippen LogP contribution in [0.4, 0.5) is 0 Å². The molecule has 1 saturated carbocycles. The summed E-state index contributed by atoms with van der Waals surface area (Å²) in [5, 5.41) is 11.1. The maximum Gasteiger partial charge on any atom is 0.155 e. The van der Waals surface area contributed by atoms with Crippen molar-refractivity contribution in [2.75, 3.05) is 25.2 Å². The zero-order chi connectivity index (χ0) is 25.7. The van der Waals surface area contributed by atoms with Gasteiger partial charge in [-0.1, -0.05) is 31.4 Å². The molecule has 0 atom stereocenters. The number of benzene rings is 2. The highest BCUT2D eigenvalue weighted by Gasteiger charge is 2.22. The number of hydrogen-bond acceptors (Lipinski definition) is 5. The molecule has 0 unspecified atom stereocenters. The third kappa shape index (κ3) is 6.54. The van der Waals surface area contributed by atoms with Crippen molar-refractivity contribution in [3.8, 4) is 23.3 Å². The predicted octanol–water partition coefficient (Wildman–Crippen LogP) is 6.56. The summed E-state index contributed by atoms with van der Waals surface area (Å²) >= 11 is 6.47. The fourth-order valence-corrected chi connectivity index (χ4v) is 5.90. The van der Waals surface area contributed by atoms with Crippen LogP contribution in [0.3, 0.4) is 0 Å². The van der Waals surface area contributed by atoms with Gasteiger partial charge in [-0.05, 0) is 73.9 Å². The molecule has 1 fully saturated rings. The Morgan fingerprint density at radius 3 is 2.53 bits per heavy atom. The molecule has 192 valence electrons. The van der Waals surface area contributed by atoms with Gasteiger partial charge < -0.3 is 14.0 Å². The van der Waals surface area contributed by atoms with Crippen LogP contribution in [0.15, 0.2) is 42.6 Å². The number of fused-ring (bicyclic) bond motifs is 1. The van der Waals surface area contributed by atoms with Crippen molar-refractivity contribution in [3.05, 3.63) is 53.2 Å². The van der Waals surface area contributed by atoms with Gasteiger partial charge in [0, 0.05) is 23.5 Å². The van der Waals surface area contributed by atoms with Crippen molar-refractivity contribution in [2.24, 2.45) is 11.8 Å². The molecule has 0 spiro atoms. The van der Waals surface area contributed by atoms with Gasteiger partial charge in [0.25, 0.3) is 0 Å². The van der Waals surface area contributed by atoms with Crippen LogP contribution in [0.1, 0.15) is 51.0 Å². The molecule has 6 nitrogen and oxygen atoms in total. The van der Waals surface area contributed by atoms with Gasteiger partial charge in [-0.2, -0.15) is 5.26 Å². The molecule has 0 amide bonds. The van der Waals surface area contributed by atoms with E-state index in [9.17, 15) is 13.7 Å². The van der Waals surface area contributed by atoms with Gasteiger partial charge in [0.15, 0.2) is 5.75 Å². The van der Waals surface area contributed by atoms with Crippen LogP contribution < -0.4 is 9.47 Å². The minimum Gasteiger partial charge on any atom is -0.493 e. The Hall–Kier alpha value is -2.69. The summed E-state index contributed by atoms with van der Waals surface area (Å²) < 4.78 is 36.7. The highest BCUT2D eigenvalue weighted by molar-refractivity contribution is 7.90. The Labute approximate surface area is 218 Å². The molecule has 4 rings (SSSR count). The lowest BCUT2D eigenvalue weighted by atomic mass is 9.81. The third-order valence-corrected chi connectivity index (χ3v) is 8.15. The number of aromatic nitrogens is 1. The van der Waals surface area contributed by atoms with E-state index in [1.807, 2.05) is 48.0 Å². The Morgan fingerprint density at radius 1 is 1.08 bits per heavy atom. The fraction of sp³-hybridized carbons (Fsp3) is 0.464. The average Bonchev–Trinajstić information content (AvgIpc) is 3.28. The smallest absolute Gasteiger partial charge is 0.155 e. The van der Waals surface area contributed by atoms with E-state index in [1.165, 1.54) is 6.26 Å². The zero-order valence-electron chi connectivity index (χ0n) is 20.9. The molecule has 1 heterocycles. The first-order valence-corrected chi connectivity index (χ1v) is 15.0. The minimum absolute atomic E-state index is 0.291. The SMILES string of the molecule is CCCOc1c(Cl)cc(-n2ccc3cc(OCC4CCC(CCS(C)(=O)=O)CC4)ccc32)cc1C#N. The van der Waals surface area contributed by atoms with Crippen LogP contribution in [0, 0.1) is 23.2 Å². The lowest BCUT2D eigenvalue weighted by Crippen LogP contribution is -2.21. The van der Waals surface area contributed by atoms with E-state index < -0.39 is 9.84 Å². The van der Waals surface area contributed by atoms with E-state index in [2.05, 4.69) is 6.07 Å². The molecule has 36 heavy (non-hydrogen) atoms. The summed E-state index contributed by atoms with van der Waals surface area (Å²) in [4.78, 5) is 0. The third-order valence-electron chi connectivity index (χ3n) is 6.89. The molecule has 1 aromatic heterocycles. The zero-order valence-corrected chi connectivity index (χ0v) is 22.4. The van der Waals surface area contributed by atoms with Crippen LogP contribution in [-0.2, 0) is 9.84 Å². The summed E-state index contributed by atoms with van der Waals surface area (Å²) in [7, 11) is -2.88. The van der Waals surface area contributed by atoms with Crippen molar-refractivity contribution < 1.29 is 17.9 Å². The molecule has 8 heteroatoms. The molecule has 0 aliphatic heterocycles. The van der Waals surface area contributed by atoms with Crippen LogP contribution in [0.2, 0.25) is 5.02 Å². The molecule has 0 N–H and O–H groups in total. The van der Waals surface area contributed by atoms with Crippen LogP contribution in [-0.4, -0.2) is 38.2 Å². The maximum absolute atomic E-state index is 11.4. The van der Waals surface area contributed by atoms with Gasteiger partial charge in [0.05, 0.1) is 35.1 Å². The Bertz CT molecular complexity index is 1350. The van der Waals surface area contributed by atoms with Gasteiger partial charge in [0.1, 0.15) is 21.7 Å². The quantitative estimate of drug-likeness (QED) is 0.297. The van der Waals surface area contributed by atoms with Gasteiger partial charge >= 0.3 is 0 Å². The lowest BCUT2D eigenvalue weighted by Gasteiger charge is -2.28. The molecule has 2 aromatic carbocycles. The van der Waals surface area contributed by atoms with Crippen LogP contribution in [0.5, 0.6) is 11.5 Å². The van der Waals surface area contributed by atoms with E-state index in [4.69, 9.17) is 21.1 Å². The summed E-state index contributed by atoms with van der Waals surface area (Å²) in [6.07, 6.45) is 9.18. The minimum atomic E-state index is -2.88. The van der Waals surface area contributed by atoms with Crippen LogP contribution in [0.25, 0.3) is 16.6 Å². The van der Waals surface area contributed by atoms with Crippen molar-refractivity contribution in [2.45, 2.75) is 45.4 Å². The number of ether oxygens (including phenoxy) is 2. The predicted molar refractivity (Wildman–Crippen MR) is 144 cm³/mol. The summed E-state index contributed by atoms with van der Waals surface area (Å²) in [5.41, 5.74) is 2.21. The number of halogens is 1. The molecule has 1 aliphatic carbocycles. The number of rotatable bonds is 10. The highest BCUT2D eigenvalue weighted by Crippen LogP contribution is 2.34. The highest BCUT2D eigenvalue weighted by atomic mass is 35.5. The number of sulfone groups is 1. The first-order chi connectivity index (χ1) is 17.3. The van der Waals surface area contributed by atoms with Crippen molar-refractivity contribution in [3.63, 3.8) is 0 Å². The van der Waals surface area contributed by atoms with Crippen molar-refractivity contribution >= 4 is 32.3 Å². The molecule has 0 saturated heterocycles. The first-order valence-electron chi connectivity index (χ1n) is 12.6. The fourth-order valence-electron chi connectivity index (χ4n) is 4.87. The first kappa shape index (κ1) is 26.4. The molecular weight excluding hydrogens is 496 g/mol. The largest absolute Gasteiger partial charge is 0.493 e.